The molecular formula is C15H14BrNO2. The van der Waals surface area contributed by atoms with Crippen LogP contribution in [0.2, 0.25) is 0 Å². The van der Waals surface area contributed by atoms with Gasteiger partial charge in [0.25, 0.3) is 5.91 Å². The van der Waals surface area contributed by atoms with Crippen molar-refractivity contribution in [2.45, 2.75) is 6.42 Å². The first-order valence-corrected chi connectivity index (χ1v) is 6.75. The Balaban J connectivity index is 2.06. The van der Waals surface area contributed by atoms with Gasteiger partial charge in [0.05, 0.1) is 0 Å². The predicted molar refractivity (Wildman–Crippen MR) is 79.3 cm³/mol. The van der Waals surface area contributed by atoms with Gasteiger partial charge in [-0.25, -0.2) is 0 Å². The molecule has 2 N–H and O–H groups in total. The summed E-state index contributed by atoms with van der Waals surface area (Å²) in [5.41, 5.74) is 2.39. The van der Waals surface area contributed by atoms with Crippen LogP contribution in [0.5, 0.6) is 0 Å². The van der Waals surface area contributed by atoms with Crippen molar-refractivity contribution in [3.05, 3.63) is 64.1 Å². The number of benzene rings is 2. The first kappa shape index (κ1) is 13.8. The molecule has 2 aromatic rings. The quantitative estimate of drug-likeness (QED) is 0.909. The zero-order valence-electron chi connectivity index (χ0n) is 10.3. The number of rotatable bonds is 4. The molecule has 0 aliphatic heterocycles. The number of carbonyl (C=O) groups excluding carboxylic acids is 1. The summed E-state index contributed by atoms with van der Waals surface area (Å²) in [4.78, 5) is 12.0. The van der Waals surface area contributed by atoms with Gasteiger partial charge in [-0.05, 0) is 42.3 Å². The second-order valence-corrected chi connectivity index (χ2v) is 5.05. The van der Waals surface area contributed by atoms with Gasteiger partial charge in [0.1, 0.15) is 0 Å². The summed E-state index contributed by atoms with van der Waals surface area (Å²) in [6.07, 6.45) is 0.625. The van der Waals surface area contributed by atoms with E-state index in [-0.39, 0.29) is 12.5 Å². The van der Waals surface area contributed by atoms with E-state index in [1.54, 1.807) is 12.1 Å². The average Bonchev–Trinajstić information content (AvgIpc) is 2.41. The Hall–Kier alpha value is -1.65. The molecule has 1 amide bonds. The predicted octanol–water partition coefficient (Wildman–Crippen LogP) is 3.24. The van der Waals surface area contributed by atoms with Gasteiger partial charge in [0.15, 0.2) is 0 Å². The van der Waals surface area contributed by atoms with E-state index >= 15 is 0 Å². The molecule has 4 heteroatoms. The SMILES string of the molecule is O=C(Nc1ccc(CCO)cc1)c1cccc(Br)c1. The molecule has 0 radical (unpaired) electrons. The Morgan fingerprint density at radius 2 is 1.89 bits per heavy atom. The van der Waals surface area contributed by atoms with Gasteiger partial charge in [0, 0.05) is 22.3 Å². The summed E-state index contributed by atoms with van der Waals surface area (Å²) in [7, 11) is 0. The van der Waals surface area contributed by atoms with Crippen molar-refractivity contribution in [1.29, 1.82) is 0 Å². The Morgan fingerprint density at radius 3 is 2.53 bits per heavy atom. The molecule has 0 bridgehead atoms. The van der Waals surface area contributed by atoms with Crippen LogP contribution < -0.4 is 5.32 Å². The van der Waals surface area contributed by atoms with Gasteiger partial charge >= 0.3 is 0 Å². The zero-order chi connectivity index (χ0) is 13.7. The highest BCUT2D eigenvalue weighted by Gasteiger charge is 2.06. The van der Waals surface area contributed by atoms with Crippen molar-refractivity contribution in [3.63, 3.8) is 0 Å². The highest BCUT2D eigenvalue weighted by molar-refractivity contribution is 9.10. The molecule has 98 valence electrons. The van der Waals surface area contributed by atoms with Crippen LogP contribution in [0.1, 0.15) is 15.9 Å². The van der Waals surface area contributed by atoms with E-state index in [4.69, 9.17) is 5.11 Å². The molecule has 0 aromatic heterocycles. The molecule has 0 spiro atoms. The van der Waals surface area contributed by atoms with Crippen molar-refractivity contribution < 1.29 is 9.90 Å². The fourth-order valence-electron chi connectivity index (χ4n) is 1.72. The van der Waals surface area contributed by atoms with Crippen LogP contribution in [0, 0.1) is 0 Å². The topological polar surface area (TPSA) is 49.3 Å². The monoisotopic (exact) mass is 319 g/mol. The van der Waals surface area contributed by atoms with Crippen LogP contribution in [-0.2, 0) is 6.42 Å². The zero-order valence-corrected chi connectivity index (χ0v) is 11.9. The summed E-state index contributed by atoms with van der Waals surface area (Å²) in [6, 6.07) is 14.7. The van der Waals surface area contributed by atoms with Crippen LogP contribution in [-0.4, -0.2) is 17.6 Å². The lowest BCUT2D eigenvalue weighted by atomic mass is 10.1. The van der Waals surface area contributed by atoms with Crippen molar-refractivity contribution in [2.24, 2.45) is 0 Å². The number of hydrogen-bond acceptors (Lipinski definition) is 2. The molecule has 0 unspecified atom stereocenters. The largest absolute Gasteiger partial charge is 0.396 e. The number of nitrogens with one attached hydrogen (secondary N) is 1. The number of aliphatic hydroxyl groups excluding tert-OH is 1. The van der Waals surface area contributed by atoms with E-state index in [9.17, 15) is 4.79 Å². The van der Waals surface area contributed by atoms with E-state index in [0.29, 0.717) is 12.0 Å². The van der Waals surface area contributed by atoms with Crippen LogP contribution in [0.25, 0.3) is 0 Å². The molecule has 19 heavy (non-hydrogen) atoms. The van der Waals surface area contributed by atoms with Crippen molar-refractivity contribution in [3.8, 4) is 0 Å². The van der Waals surface area contributed by atoms with E-state index in [2.05, 4.69) is 21.2 Å². The lowest BCUT2D eigenvalue weighted by Gasteiger charge is -2.06. The average molecular weight is 320 g/mol. The van der Waals surface area contributed by atoms with E-state index in [1.165, 1.54) is 0 Å². The molecule has 2 rings (SSSR count). The minimum atomic E-state index is -0.142. The Kier molecular flexibility index (Phi) is 4.71. The van der Waals surface area contributed by atoms with Gasteiger partial charge in [-0.2, -0.15) is 0 Å². The summed E-state index contributed by atoms with van der Waals surface area (Å²) >= 11 is 3.34. The van der Waals surface area contributed by atoms with Crippen LogP contribution in [0.3, 0.4) is 0 Å². The fraction of sp³-hybridized carbons (Fsp3) is 0.133. The van der Waals surface area contributed by atoms with Gasteiger partial charge in [0.2, 0.25) is 0 Å². The molecule has 0 saturated heterocycles. The third kappa shape index (κ3) is 3.91. The second-order valence-electron chi connectivity index (χ2n) is 4.14. The number of aliphatic hydroxyl groups is 1. The molecule has 0 aliphatic carbocycles. The molecule has 0 saturated carbocycles. The molecule has 0 atom stereocenters. The Labute approximate surface area is 120 Å². The standard InChI is InChI=1S/C15H14BrNO2/c16-13-3-1-2-12(10-13)15(19)17-14-6-4-11(5-7-14)8-9-18/h1-7,10,18H,8-9H2,(H,17,19). The molecule has 0 fully saturated rings. The number of halogens is 1. The number of hydrogen-bond donors (Lipinski definition) is 2. The smallest absolute Gasteiger partial charge is 0.255 e. The highest BCUT2D eigenvalue weighted by Crippen LogP contribution is 2.15. The minimum Gasteiger partial charge on any atom is -0.396 e. The number of carbonyl (C=O) groups is 1. The first-order valence-electron chi connectivity index (χ1n) is 5.96. The van der Waals surface area contributed by atoms with E-state index in [1.807, 2.05) is 36.4 Å². The summed E-state index contributed by atoms with van der Waals surface area (Å²) in [5, 5.41) is 11.7. The minimum absolute atomic E-state index is 0.129. The van der Waals surface area contributed by atoms with Crippen molar-refractivity contribution in [1.82, 2.24) is 0 Å². The second kappa shape index (κ2) is 6.50. The highest BCUT2D eigenvalue weighted by atomic mass is 79.9. The molecular weight excluding hydrogens is 306 g/mol. The summed E-state index contributed by atoms with van der Waals surface area (Å²) in [6.45, 7) is 0.129. The summed E-state index contributed by atoms with van der Waals surface area (Å²) < 4.78 is 0.874. The van der Waals surface area contributed by atoms with E-state index < -0.39 is 0 Å². The molecule has 2 aromatic carbocycles. The van der Waals surface area contributed by atoms with Crippen LogP contribution in [0.15, 0.2) is 53.0 Å². The van der Waals surface area contributed by atoms with Gasteiger partial charge in [-0.1, -0.05) is 34.1 Å². The maximum Gasteiger partial charge on any atom is 0.255 e. The van der Waals surface area contributed by atoms with Gasteiger partial charge in [-0.15, -0.1) is 0 Å². The van der Waals surface area contributed by atoms with Crippen molar-refractivity contribution >= 4 is 27.5 Å². The van der Waals surface area contributed by atoms with Crippen LogP contribution in [0.4, 0.5) is 5.69 Å². The van der Waals surface area contributed by atoms with E-state index in [0.717, 1.165) is 15.7 Å². The molecule has 0 aliphatic rings. The summed E-state index contributed by atoms with van der Waals surface area (Å²) in [5.74, 6) is -0.142. The van der Waals surface area contributed by atoms with Crippen molar-refractivity contribution in [2.75, 3.05) is 11.9 Å². The fourth-order valence-corrected chi connectivity index (χ4v) is 2.12. The Morgan fingerprint density at radius 1 is 1.16 bits per heavy atom. The lowest BCUT2D eigenvalue weighted by Crippen LogP contribution is -2.11. The number of amides is 1. The van der Waals surface area contributed by atoms with Gasteiger partial charge in [-0.3, -0.25) is 4.79 Å². The Bertz CT molecular complexity index is 567. The molecule has 0 heterocycles. The first-order chi connectivity index (χ1) is 9.19. The van der Waals surface area contributed by atoms with Crippen LogP contribution >= 0.6 is 15.9 Å². The normalized spacial score (nSPS) is 10.2. The lowest BCUT2D eigenvalue weighted by molar-refractivity contribution is 0.102. The maximum atomic E-state index is 12.0. The third-order valence-corrected chi connectivity index (χ3v) is 3.19. The molecule has 3 nitrogen and oxygen atoms in total. The number of anilines is 1. The maximum absolute atomic E-state index is 12.0. The third-order valence-electron chi connectivity index (χ3n) is 2.70. The van der Waals surface area contributed by atoms with Gasteiger partial charge < -0.3 is 10.4 Å².